The number of hydrogen-bond donors (Lipinski definition) is 1. The highest BCUT2D eigenvalue weighted by Crippen LogP contribution is 2.27. The third kappa shape index (κ3) is 6.59. The summed E-state index contributed by atoms with van der Waals surface area (Å²) >= 11 is 2.70. The van der Waals surface area contributed by atoms with Crippen LogP contribution in [0.25, 0.3) is 0 Å². The van der Waals surface area contributed by atoms with E-state index < -0.39 is 11.7 Å². The van der Waals surface area contributed by atoms with Gasteiger partial charge in [-0.05, 0) is 31.2 Å². The molecule has 0 saturated heterocycles. The molecule has 2 rings (SSSR count). The van der Waals surface area contributed by atoms with Crippen molar-refractivity contribution < 1.29 is 23.1 Å². The first-order valence-electron chi connectivity index (χ1n) is 6.96. The van der Waals surface area contributed by atoms with Gasteiger partial charge in [0.1, 0.15) is 0 Å². The van der Waals surface area contributed by atoms with Gasteiger partial charge < -0.3 is 4.74 Å². The molecule has 6 nitrogen and oxygen atoms in total. The van der Waals surface area contributed by atoms with Gasteiger partial charge in [0.2, 0.25) is 5.13 Å². The second-order valence-corrected chi connectivity index (χ2v) is 7.59. The van der Waals surface area contributed by atoms with Gasteiger partial charge in [0, 0.05) is 10.5 Å². The van der Waals surface area contributed by atoms with E-state index in [0.717, 1.165) is 11.3 Å². The van der Waals surface area contributed by atoms with Crippen molar-refractivity contribution in [3.63, 3.8) is 0 Å². The van der Waals surface area contributed by atoms with E-state index in [0.29, 0.717) is 33.2 Å². The number of ether oxygens (including phenoxy) is 1. The lowest BCUT2D eigenvalue weighted by molar-refractivity contribution is -0.139. The van der Waals surface area contributed by atoms with Crippen molar-refractivity contribution in [3.05, 3.63) is 29.8 Å². The molecule has 25 heavy (non-hydrogen) atoms. The number of carbonyl (C=O) groups is 2. The number of carbonyl (C=O) groups excluding carboxylic acids is 2. The zero-order chi connectivity index (χ0) is 18.2. The summed E-state index contributed by atoms with van der Waals surface area (Å²) in [6.07, 6.45) is 0. The van der Waals surface area contributed by atoms with Crippen LogP contribution in [0.15, 0.2) is 33.5 Å². The fraction of sp³-hybridized carbons (Fsp3) is 0.286. The Morgan fingerprint density at radius 3 is 2.64 bits per heavy atom. The van der Waals surface area contributed by atoms with Crippen molar-refractivity contribution in [2.24, 2.45) is 0 Å². The normalized spacial score (nSPS) is 10.7. The molecule has 1 amide bonds. The van der Waals surface area contributed by atoms with Crippen LogP contribution in [0, 0.1) is 0 Å². The largest absolute Gasteiger partial charge is 0.465 e. The maximum atomic E-state index is 12.3. The molecule has 1 aromatic heterocycles. The Kier molecular flexibility index (Phi) is 7.59. The minimum Gasteiger partial charge on any atom is -0.465 e. The van der Waals surface area contributed by atoms with Gasteiger partial charge in [0.15, 0.2) is 4.34 Å². The molecule has 0 aliphatic rings. The Morgan fingerprint density at radius 1 is 1.28 bits per heavy atom. The molecule has 0 saturated carbocycles. The fourth-order valence-electron chi connectivity index (χ4n) is 1.60. The predicted octanol–water partition coefficient (Wildman–Crippen LogP) is 3.76. The number of alkyl halides is 2. The van der Waals surface area contributed by atoms with E-state index in [1.807, 2.05) is 0 Å². The molecular weight excluding hydrogens is 392 g/mol. The highest BCUT2D eigenvalue weighted by Gasteiger charge is 2.13. The fourth-order valence-corrected chi connectivity index (χ4v) is 3.64. The average Bonchev–Trinajstić information content (AvgIpc) is 3.01. The van der Waals surface area contributed by atoms with Gasteiger partial charge in [-0.2, -0.15) is 8.78 Å². The molecule has 134 valence electrons. The minimum absolute atomic E-state index is 0.111. The Balaban J connectivity index is 1.89. The molecule has 1 heterocycles. The Labute approximate surface area is 154 Å². The molecule has 1 N–H and O–H groups in total. The zero-order valence-corrected chi connectivity index (χ0v) is 15.4. The lowest BCUT2D eigenvalue weighted by Gasteiger charge is -2.03. The van der Waals surface area contributed by atoms with Gasteiger partial charge >= 0.3 is 5.97 Å². The minimum atomic E-state index is -2.51. The van der Waals surface area contributed by atoms with Gasteiger partial charge in [0.25, 0.3) is 11.7 Å². The molecule has 1 aromatic carbocycles. The standard InChI is InChI=1S/C14H13F2N3O3S3/c1-2-22-10(20)7-23-14-19-18-13(25-14)17-11(21)8-3-5-9(6-4-8)24-12(15)16/h3-6,12H,2,7H2,1H3,(H,17,18,21). The number of rotatable bonds is 8. The number of benzene rings is 1. The van der Waals surface area contributed by atoms with Gasteiger partial charge in [-0.1, -0.05) is 34.9 Å². The van der Waals surface area contributed by atoms with Crippen molar-refractivity contribution in [2.75, 3.05) is 17.7 Å². The van der Waals surface area contributed by atoms with Crippen molar-refractivity contribution in [2.45, 2.75) is 21.9 Å². The first kappa shape index (κ1) is 19.6. The summed E-state index contributed by atoms with van der Waals surface area (Å²) in [6, 6.07) is 5.81. The Morgan fingerprint density at radius 2 is 2.00 bits per heavy atom. The number of hydrogen-bond acceptors (Lipinski definition) is 8. The molecule has 0 bridgehead atoms. The number of aromatic nitrogens is 2. The maximum absolute atomic E-state index is 12.3. The number of thioether (sulfide) groups is 2. The van der Waals surface area contributed by atoms with Crippen LogP contribution in [0.3, 0.4) is 0 Å². The van der Waals surface area contributed by atoms with E-state index in [-0.39, 0.29) is 16.9 Å². The number of anilines is 1. The van der Waals surface area contributed by atoms with Crippen LogP contribution in [0.2, 0.25) is 0 Å². The molecule has 11 heteroatoms. The first-order valence-corrected chi connectivity index (χ1v) is 9.64. The SMILES string of the molecule is CCOC(=O)CSc1nnc(NC(=O)c2ccc(SC(F)F)cc2)s1. The first-order chi connectivity index (χ1) is 12.0. The molecule has 0 aliphatic heterocycles. The molecular formula is C14H13F2N3O3S3. The quantitative estimate of drug-likeness (QED) is 0.407. The summed E-state index contributed by atoms with van der Waals surface area (Å²) in [4.78, 5) is 23.8. The van der Waals surface area contributed by atoms with Crippen LogP contribution < -0.4 is 5.32 Å². The van der Waals surface area contributed by atoms with Gasteiger partial charge in [0.05, 0.1) is 12.4 Å². The Hall–Kier alpha value is -1.72. The Bertz CT molecular complexity index is 726. The van der Waals surface area contributed by atoms with Gasteiger partial charge in [-0.3, -0.25) is 14.9 Å². The van der Waals surface area contributed by atoms with Crippen molar-refractivity contribution in [3.8, 4) is 0 Å². The average molecular weight is 405 g/mol. The summed E-state index contributed by atoms with van der Waals surface area (Å²) in [5.74, 6) is -3.17. The van der Waals surface area contributed by atoms with E-state index in [1.165, 1.54) is 36.0 Å². The smallest absolute Gasteiger partial charge is 0.316 e. The zero-order valence-electron chi connectivity index (χ0n) is 12.9. The van der Waals surface area contributed by atoms with Crippen LogP contribution in [0.1, 0.15) is 17.3 Å². The number of amides is 1. The van der Waals surface area contributed by atoms with Crippen molar-refractivity contribution >= 4 is 51.9 Å². The second kappa shape index (κ2) is 9.68. The van der Waals surface area contributed by atoms with Crippen LogP contribution in [0.4, 0.5) is 13.9 Å². The van der Waals surface area contributed by atoms with Crippen LogP contribution in [0.5, 0.6) is 0 Å². The van der Waals surface area contributed by atoms with Crippen molar-refractivity contribution in [1.29, 1.82) is 0 Å². The molecule has 2 aromatic rings. The molecule has 0 unspecified atom stereocenters. The molecule has 0 atom stereocenters. The monoisotopic (exact) mass is 405 g/mol. The van der Waals surface area contributed by atoms with E-state index in [2.05, 4.69) is 15.5 Å². The summed E-state index contributed by atoms with van der Waals surface area (Å²) in [5, 5.41) is 10.5. The second-order valence-electron chi connectivity index (χ2n) is 4.32. The van der Waals surface area contributed by atoms with E-state index in [4.69, 9.17) is 4.74 Å². The van der Waals surface area contributed by atoms with Gasteiger partial charge in [-0.15, -0.1) is 10.2 Å². The third-order valence-electron chi connectivity index (χ3n) is 2.59. The number of nitrogens with one attached hydrogen (secondary N) is 1. The van der Waals surface area contributed by atoms with E-state index >= 15 is 0 Å². The number of halogens is 2. The summed E-state index contributed by atoms with van der Waals surface area (Å²) in [7, 11) is 0. The highest BCUT2D eigenvalue weighted by atomic mass is 32.2. The predicted molar refractivity (Wildman–Crippen MR) is 93.5 cm³/mol. The molecule has 0 spiro atoms. The number of esters is 1. The van der Waals surface area contributed by atoms with Crippen LogP contribution in [-0.2, 0) is 9.53 Å². The summed E-state index contributed by atoms with van der Waals surface area (Å²) in [5.41, 5.74) is 0.314. The molecule has 0 aliphatic carbocycles. The van der Waals surface area contributed by atoms with Crippen LogP contribution >= 0.6 is 34.9 Å². The van der Waals surface area contributed by atoms with E-state index in [9.17, 15) is 18.4 Å². The highest BCUT2D eigenvalue weighted by molar-refractivity contribution is 8.01. The molecule has 0 fully saturated rings. The number of nitrogens with zero attached hydrogens (tertiary/aromatic N) is 2. The van der Waals surface area contributed by atoms with Crippen molar-refractivity contribution in [1.82, 2.24) is 10.2 Å². The lowest BCUT2D eigenvalue weighted by Crippen LogP contribution is -2.11. The van der Waals surface area contributed by atoms with Crippen LogP contribution in [-0.4, -0.2) is 40.2 Å². The lowest BCUT2D eigenvalue weighted by atomic mass is 10.2. The molecule has 0 radical (unpaired) electrons. The van der Waals surface area contributed by atoms with E-state index in [1.54, 1.807) is 6.92 Å². The van der Waals surface area contributed by atoms with Gasteiger partial charge in [-0.25, -0.2) is 0 Å². The third-order valence-corrected chi connectivity index (χ3v) is 5.26. The summed E-state index contributed by atoms with van der Waals surface area (Å²) in [6.45, 7) is 2.03. The summed E-state index contributed by atoms with van der Waals surface area (Å²) < 4.78 is 29.9. The topological polar surface area (TPSA) is 81.2 Å². The maximum Gasteiger partial charge on any atom is 0.316 e.